The van der Waals surface area contributed by atoms with Gasteiger partial charge in [0.05, 0.1) is 22.2 Å². The van der Waals surface area contributed by atoms with Gasteiger partial charge in [0, 0.05) is 36.5 Å². The van der Waals surface area contributed by atoms with Gasteiger partial charge in [-0.3, -0.25) is 4.79 Å². The van der Waals surface area contributed by atoms with Crippen molar-refractivity contribution in [1.29, 1.82) is 0 Å². The average molecular weight is 456 g/mol. The molecule has 31 heavy (non-hydrogen) atoms. The Morgan fingerprint density at radius 3 is 2.84 bits per heavy atom. The van der Waals surface area contributed by atoms with Crippen LogP contribution in [0, 0.1) is 0 Å². The first-order valence-electron chi connectivity index (χ1n) is 10.3. The molecule has 2 aromatic carbocycles. The number of halogens is 1. The third kappa shape index (κ3) is 5.28. The Morgan fingerprint density at radius 1 is 1.19 bits per heavy atom. The van der Waals surface area contributed by atoms with Crippen molar-refractivity contribution >= 4 is 34.5 Å². The molecule has 0 aliphatic carbocycles. The van der Waals surface area contributed by atoms with E-state index in [0.29, 0.717) is 22.2 Å². The standard InChI is InChI=1S/C24H26ClN3O2S/c1-28(2)11-10-26-15-16-7-8-18-21(13-16)30-12-9-17-14-22(31-23(17)18)24(29)27-20-6-4-3-5-19(20)25/h3-8,13-14,26H,9-12,15H2,1-2H3,(H,27,29). The number of fused-ring (bicyclic) bond motifs is 3. The van der Waals surface area contributed by atoms with Crippen molar-refractivity contribution in [2.75, 3.05) is 39.1 Å². The molecule has 0 radical (unpaired) electrons. The highest BCUT2D eigenvalue weighted by molar-refractivity contribution is 7.17. The number of nitrogens with one attached hydrogen (secondary N) is 2. The monoisotopic (exact) mass is 455 g/mol. The van der Waals surface area contributed by atoms with Gasteiger partial charge in [0.15, 0.2) is 0 Å². The van der Waals surface area contributed by atoms with Gasteiger partial charge in [-0.1, -0.05) is 29.8 Å². The number of anilines is 1. The van der Waals surface area contributed by atoms with Gasteiger partial charge < -0.3 is 20.3 Å². The van der Waals surface area contributed by atoms with E-state index in [1.165, 1.54) is 16.9 Å². The third-order valence-electron chi connectivity index (χ3n) is 5.14. The van der Waals surface area contributed by atoms with E-state index in [1.54, 1.807) is 12.1 Å². The van der Waals surface area contributed by atoms with Gasteiger partial charge in [0.1, 0.15) is 5.75 Å². The van der Waals surface area contributed by atoms with E-state index in [4.69, 9.17) is 16.3 Å². The molecule has 4 rings (SSSR count). The first-order chi connectivity index (χ1) is 15.0. The minimum atomic E-state index is -0.143. The minimum Gasteiger partial charge on any atom is -0.493 e. The van der Waals surface area contributed by atoms with Gasteiger partial charge >= 0.3 is 0 Å². The minimum absolute atomic E-state index is 0.143. The van der Waals surface area contributed by atoms with Crippen molar-refractivity contribution < 1.29 is 9.53 Å². The van der Waals surface area contributed by atoms with E-state index in [-0.39, 0.29) is 5.91 Å². The van der Waals surface area contributed by atoms with Crippen LogP contribution >= 0.6 is 22.9 Å². The van der Waals surface area contributed by atoms with Gasteiger partial charge in [-0.25, -0.2) is 0 Å². The Kier molecular flexibility index (Phi) is 6.92. The lowest BCUT2D eigenvalue weighted by Crippen LogP contribution is -2.26. The second-order valence-electron chi connectivity index (χ2n) is 7.81. The zero-order chi connectivity index (χ0) is 21.8. The van der Waals surface area contributed by atoms with Crippen LogP contribution in [0.5, 0.6) is 5.75 Å². The van der Waals surface area contributed by atoms with Crippen LogP contribution in [-0.4, -0.2) is 44.6 Å². The van der Waals surface area contributed by atoms with Gasteiger partial charge in [-0.15, -0.1) is 11.3 Å². The predicted octanol–water partition coefficient (Wildman–Crippen LogP) is 4.91. The Labute approximate surface area is 192 Å². The average Bonchev–Trinajstić information content (AvgIpc) is 3.09. The summed E-state index contributed by atoms with van der Waals surface area (Å²) in [5.74, 6) is 0.737. The van der Waals surface area contributed by atoms with E-state index in [0.717, 1.165) is 47.8 Å². The van der Waals surface area contributed by atoms with Crippen molar-refractivity contribution in [2.45, 2.75) is 13.0 Å². The fraction of sp³-hybridized carbons (Fsp3) is 0.292. The number of likely N-dealkylation sites (N-methyl/N-ethyl adjacent to an activating group) is 1. The lowest BCUT2D eigenvalue weighted by Gasteiger charge is -2.12. The smallest absolute Gasteiger partial charge is 0.265 e. The Bertz CT molecular complexity index is 1080. The maximum absolute atomic E-state index is 12.8. The van der Waals surface area contributed by atoms with Crippen molar-refractivity contribution in [3.63, 3.8) is 0 Å². The molecule has 0 fully saturated rings. The number of rotatable bonds is 7. The van der Waals surface area contributed by atoms with E-state index in [2.05, 4.69) is 47.8 Å². The molecular formula is C24H26ClN3O2S. The number of hydrogen-bond acceptors (Lipinski definition) is 5. The number of hydrogen-bond donors (Lipinski definition) is 2. The summed E-state index contributed by atoms with van der Waals surface area (Å²) in [6, 6.07) is 15.6. The fourth-order valence-electron chi connectivity index (χ4n) is 3.49. The molecule has 0 bridgehead atoms. The number of nitrogens with zero attached hydrogens (tertiary/aromatic N) is 1. The maximum atomic E-state index is 12.8. The second kappa shape index (κ2) is 9.83. The summed E-state index contributed by atoms with van der Waals surface area (Å²) in [6.45, 7) is 3.33. The summed E-state index contributed by atoms with van der Waals surface area (Å²) in [5, 5.41) is 6.91. The van der Waals surface area contributed by atoms with Gasteiger partial charge in [0.2, 0.25) is 0 Å². The first kappa shape index (κ1) is 21.8. The molecule has 1 aliphatic rings. The van der Waals surface area contributed by atoms with Gasteiger partial charge in [-0.05, 0) is 55.6 Å². The molecule has 1 amide bonds. The molecule has 7 heteroatoms. The van der Waals surface area contributed by atoms with Crippen molar-refractivity contribution in [1.82, 2.24) is 10.2 Å². The van der Waals surface area contributed by atoms with Crippen LogP contribution < -0.4 is 15.4 Å². The Morgan fingerprint density at radius 2 is 2.03 bits per heavy atom. The zero-order valence-corrected chi connectivity index (χ0v) is 19.3. The van der Waals surface area contributed by atoms with Crippen molar-refractivity contribution in [2.24, 2.45) is 0 Å². The molecule has 1 aliphatic heterocycles. The molecule has 1 aromatic heterocycles. The van der Waals surface area contributed by atoms with E-state index in [1.807, 2.05) is 18.2 Å². The lowest BCUT2D eigenvalue weighted by atomic mass is 10.1. The lowest BCUT2D eigenvalue weighted by molar-refractivity contribution is 0.103. The number of ether oxygens (including phenoxy) is 1. The highest BCUT2D eigenvalue weighted by Gasteiger charge is 2.22. The molecule has 0 unspecified atom stereocenters. The summed E-state index contributed by atoms with van der Waals surface area (Å²) < 4.78 is 6.04. The van der Waals surface area contributed by atoms with Crippen LogP contribution in [0.4, 0.5) is 5.69 Å². The topological polar surface area (TPSA) is 53.6 Å². The molecule has 0 spiro atoms. The van der Waals surface area contributed by atoms with Crippen molar-refractivity contribution in [3.05, 3.63) is 69.6 Å². The van der Waals surface area contributed by atoms with Crippen LogP contribution in [0.15, 0.2) is 48.5 Å². The number of thiophene rings is 1. The number of carbonyl (C=O) groups is 1. The fourth-order valence-corrected chi connectivity index (χ4v) is 4.81. The molecule has 5 nitrogen and oxygen atoms in total. The molecular weight excluding hydrogens is 430 g/mol. The Balaban J connectivity index is 1.52. The molecule has 0 atom stereocenters. The van der Waals surface area contributed by atoms with E-state index < -0.39 is 0 Å². The molecule has 3 aromatic rings. The van der Waals surface area contributed by atoms with Crippen LogP contribution in [0.2, 0.25) is 5.02 Å². The summed E-state index contributed by atoms with van der Waals surface area (Å²) in [7, 11) is 4.14. The molecule has 2 N–H and O–H groups in total. The summed E-state index contributed by atoms with van der Waals surface area (Å²) >= 11 is 7.68. The van der Waals surface area contributed by atoms with Gasteiger partial charge in [0.25, 0.3) is 5.91 Å². The SMILES string of the molecule is CN(C)CCNCc1ccc2c(c1)OCCc1cc(C(=O)Nc3ccccc3Cl)sc1-2. The largest absolute Gasteiger partial charge is 0.493 e. The summed E-state index contributed by atoms with van der Waals surface area (Å²) in [4.78, 5) is 16.8. The van der Waals surface area contributed by atoms with Crippen molar-refractivity contribution in [3.8, 4) is 16.2 Å². The molecule has 0 saturated carbocycles. The Hall–Kier alpha value is -2.38. The van der Waals surface area contributed by atoms with Crippen LogP contribution in [0.1, 0.15) is 20.8 Å². The highest BCUT2D eigenvalue weighted by Crippen LogP contribution is 2.41. The van der Waals surface area contributed by atoms with Crippen LogP contribution in [0.25, 0.3) is 10.4 Å². The summed E-state index contributed by atoms with van der Waals surface area (Å²) in [5.41, 5.74) is 4.00. The second-order valence-corrected chi connectivity index (χ2v) is 9.27. The van der Waals surface area contributed by atoms with Crippen LogP contribution in [0.3, 0.4) is 0 Å². The normalized spacial score (nSPS) is 12.6. The number of amides is 1. The van der Waals surface area contributed by atoms with Gasteiger partial charge in [-0.2, -0.15) is 0 Å². The number of benzene rings is 2. The quantitative estimate of drug-likeness (QED) is 0.497. The predicted molar refractivity (Wildman–Crippen MR) is 129 cm³/mol. The number of carbonyl (C=O) groups excluding carboxylic acids is 1. The molecule has 2 heterocycles. The first-order valence-corrected chi connectivity index (χ1v) is 11.5. The van der Waals surface area contributed by atoms with E-state index in [9.17, 15) is 4.79 Å². The third-order valence-corrected chi connectivity index (χ3v) is 6.68. The summed E-state index contributed by atoms with van der Waals surface area (Å²) in [6.07, 6.45) is 0.774. The van der Waals surface area contributed by atoms with Crippen LogP contribution in [-0.2, 0) is 13.0 Å². The maximum Gasteiger partial charge on any atom is 0.265 e. The molecule has 0 saturated heterocycles. The number of para-hydroxylation sites is 1. The molecule has 162 valence electrons. The zero-order valence-electron chi connectivity index (χ0n) is 17.7. The highest BCUT2D eigenvalue weighted by atomic mass is 35.5. The van der Waals surface area contributed by atoms with E-state index >= 15 is 0 Å².